The number of rotatable bonds is 6. The molecule has 110 valence electrons. The van der Waals surface area contributed by atoms with Crippen LogP contribution in [0.25, 0.3) is 0 Å². The van der Waals surface area contributed by atoms with E-state index in [0.717, 1.165) is 29.6 Å². The molecule has 0 saturated carbocycles. The second kappa shape index (κ2) is 6.71. The van der Waals surface area contributed by atoms with Crippen molar-refractivity contribution in [2.45, 2.75) is 38.1 Å². The molecule has 1 aliphatic rings. The van der Waals surface area contributed by atoms with Crippen molar-refractivity contribution in [3.63, 3.8) is 0 Å². The highest BCUT2D eigenvalue weighted by Gasteiger charge is 2.28. The number of nitrogens with one attached hydrogen (secondary N) is 1. The first-order valence-electron chi connectivity index (χ1n) is 7.70. The second-order valence-corrected chi connectivity index (χ2v) is 6.66. The molecule has 1 aliphatic carbocycles. The van der Waals surface area contributed by atoms with Gasteiger partial charge in [-0.05, 0) is 70.9 Å². The maximum Gasteiger partial charge on any atom is 0.0574 e. The molecule has 2 unspecified atom stereocenters. The van der Waals surface area contributed by atoms with Crippen LogP contribution in [-0.4, -0.2) is 11.5 Å². The minimum atomic E-state index is 0.344. The lowest BCUT2D eigenvalue weighted by Crippen LogP contribution is -2.28. The Kier molecular flexibility index (Phi) is 4.71. The van der Waals surface area contributed by atoms with E-state index in [4.69, 9.17) is 0 Å². The summed E-state index contributed by atoms with van der Waals surface area (Å²) in [5.74, 6) is 0.668. The molecule has 1 aromatic heterocycles. The van der Waals surface area contributed by atoms with E-state index < -0.39 is 0 Å². The fraction of sp³-hybridized carbons (Fsp3) is 0.389. The molecule has 0 bridgehead atoms. The van der Waals surface area contributed by atoms with E-state index in [0.29, 0.717) is 12.0 Å². The number of fused-ring (bicyclic) bond motifs is 1. The summed E-state index contributed by atoms with van der Waals surface area (Å²) in [5.41, 5.74) is 4.19. The maximum absolute atomic E-state index is 4.59. The lowest BCUT2D eigenvalue weighted by molar-refractivity contribution is 0.421. The molecule has 21 heavy (non-hydrogen) atoms. The Morgan fingerprint density at radius 3 is 2.86 bits per heavy atom. The van der Waals surface area contributed by atoms with Gasteiger partial charge in [-0.3, -0.25) is 4.98 Å². The summed E-state index contributed by atoms with van der Waals surface area (Å²) in [5, 5.41) is 3.66. The van der Waals surface area contributed by atoms with Crippen molar-refractivity contribution in [3.05, 3.63) is 63.9 Å². The third-order valence-electron chi connectivity index (χ3n) is 4.23. The Bertz CT molecular complexity index is 594. The molecule has 0 fully saturated rings. The fourth-order valence-corrected chi connectivity index (χ4v) is 3.31. The highest BCUT2D eigenvalue weighted by atomic mass is 79.9. The summed E-state index contributed by atoms with van der Waals surface area (Å²) >= 11 is 3.46. The van der Waals surface area contributed by atoms with E-state index in [1.807, 2.05) is 6.20 Å². The summed E-state index contributed by atoms with van der Waals surface area (Å²) in [4.78, 5) is 4.59. The predicted molar refractivity (Wildman–Crippen MR) is 90.5 cm³/mol. The van der Waals surface area contributed by atoms with Crippen LogP contribution in [0.4, 0.5) is 0 Å². The molecular weight excluding hydrogens is 324 g/mol. The average Bonchev–Trinajstić information content (AvgIpc) is 2.49. The van der Waals surface area contributed by atoms with E-state index in [2.05, 4.69) is 69.6 Å². The van der Waals surface area contributed by atoms with Crippen molar-refractivity contribution in [1.29, 1.82) is 0 Å². The molecule has 0 spiro atoms. The van der Waals surface area contributed by atoms with Gasteiger partial charge in [0.15, 0.2) is 0 Å². The summed E-state index contributed by atoms with van der Waals surface area (Å²) in [6, 6.07) is 13.4. The molecule has 3 heteroatoms. The van der Waals surface area contributed by atoms with E-state index in [-0.39, 0.29) is 0 Å². The number of hydrogen-bond donors (Lipinski definition) is 1. The number of hydrogen-bond acceptors (Lipinski definition) is 2. The molecular formula is C18H21BrN2. The van der Waals surface area contributed by atoms with Crippen LogP contribution in [0.2, 0.25) is 0 Å². The minimum absolute atomic E-state index is 0.344. The van der Waals surface area contributed by atoms with Gasteiger partial charge in [-0.25, -0.2) is 0 Å². The summed E-state index contributed by atoms with van der Waals surface area (Å²) in [7, 11) is 0. The normalized spacial score (nSPS) is 17.9. The standard InChI is InChI=1S/C18H21BrN2/c1-2-9-20-18(17-8-7-15(19)12-21-17)11-14-10-13-5-3-4-6-16(13)14/h3-8,12,14,18,20H,2,9-11H2,1H3. The first kappa shape index (κ1) is 14.7. The third kappa shape index (κ3) is 3.35. The van der Waals surface area contributed by atoms with E-state index >= 15 is 0 Å². The topological polar surface area (TPSA) is 24.9 Å². The second-order valence-electron chi connectivity index (χ2n) is 5.74. The quantitative estimate of drug-likeness (QED) is 0.827. The zero-order valence-electron chi connectivity index (χ0n) is 12.3. The van der Waals surface area contributed by atoms with E-state index in [1.165, 1.54) is 17.5 Å². The maximum atomic E-state index is 4.59. The largest absolute Gasteiger partial charge is 0.309 e. The molecule has 2 aromatic rings. The van der Waals surface area contributed by atoms with Crippen LogP contribution in [0.3, 0.4) is 0 Å². The minimum Gasteiger partial charge on any atom is -0.309 e. The SMILES string of the molecule is CCCNC(CC1Cc2ccccc21)c1ccc(Br)cn1. The van der Waals surface area contributed by atoms with E-state index in [9.17, 15) is 0 Å². The van der Waals surface area contributed by atoms with Crippen LogP contribution in [0.5, 0.6) is 0 Å². The molecule has 2 nitrogen and oxygen atoms in total. The molecule has 2 atom stereocenters. The lowest BCUT2D eigenvalue weighted by Gasteiger charge is -2.33. The van der Waals surface area contributed by atoms with Gasteiger partial charge in [0.05, 0.1) is 11.7 Å². The van der Waals surface area contributed by atoms with Gasteiger partial charge in [-0.15, -0.1) is 0 Å². The molecule has 0 aliphatic heterocycles. The highest BCUT2D eigenvalue weighted by molar-refractivity contribution is 9.10. The van der Waals surface area contributed by atoms with E-state index in [1.54, 1.807) is 0 Å². The summed E-state index contributed by atoms with van der Waals surface area (Å²) < 4.78 is 1.04. The van der Waals surface area contributed by atoms with Crippen LogP contribution in [0, 0.1) is 0 Å². The first-order chi connectivity index (χ1) is 10.3. The number of benzene rings is 1. The Labute approximate surface area is 135 Å². The van der Waals surface area contributed by atoms with Crippen LogP contribution >= 0.6 is 15.9 Å². The van der Waals surface area contributed by atoms with Crippen molar-refractivity contribution in [1.82, 2.24) is 10.3 Å². The van der Waals surface area contributed by atoms with Crippen LogP contribution in [-0.2, 0) is 6.42 Å². The van der Waals surface area contributed by atoms with Gasteiger partial charge in [-0.2, -0.15) is 0 Å². The monoisotopic (exact) mass is 344 g/mol. The molecule has 1 aromatic carbocycles. The Morgan fingerprint density at radius 2 is 2.14 bits per heavy atom. The molecule has 3 rings (SSSR count). The van der Waals surface area contributed by atoms with Crippen molar-refractivity contribution in [2.24, 2.45) is 0 Å². The van der Waals surface area contributed by atoms with Gasteiger partial charge in [-0.1, -0.05) is 31.2 Å². The zero-order chi connectivity index (χ0) is 14.7. The highest BCUT2D eigenvalue weighted by Crippen LogP contribution is 2.40. The molecule has 0 saturated heterocycles. The van der Waals surface area contributed by atoms with Gasteiger partial charge < -0.3 is 5.32 Å². The molecule has 0 radical (unpaired) electrons. The fourth-order valence-electron chi connectivity index (χ4n) is 3.08. The molecule has 1 N–H and O–H groups in total. The zero-order valence-corrected chi connectivity index (χ0v) is 13.9. The Morgan fingerprint density at radius 1 is 1.29 bits per heavy atom. The lowest BCUT2D eigenvalue weighted by atomic mass is 9.74. The van der Waals surface area contributed by atoms with Crippen molar-refractivity contribution < 1.29 is 0 Å². The van der Waals surface area contributed by atoms with Gasteiger partial charge in [0.1, 0.15) is 0 Å². The van der Waals surface area contributed by atoms with Crippen LogP contribution in [0.1, 0.15) is 48.5 Å². The van der Waals surface area contributed by atoms with Gasteiger partial charge in [0, 0.05) is 10.7 Å². The smallest absolute Gasteiger partial charge is 0.0574 e. The van der Waals surface area contributed by atoms with Gasteiger partial charge in [0.25, 0.3) is 0 Å². The average molecular weight is 345 g/mol. The Balaban J connectivity index is 1.73. The number of aromatic nitrogens is 1. The third-order valence-corrected chi connectivity index (χ3v) is 4.70. The molecule has 1 heterocycles. The van der Waals surface area contributed by atoms with Crippen LogP contribution < -0.4 is 5.32 Å². The predicted octanol–water partition coefficient (Wildman–Crippen LogP) is 4.61. The number of halogens is 1. The number of nitrogens with zero attached hydrogens (tertiary/aromatic N) is 1. The molecule has 0 amide bonds. The summed E-state index contributed by atoms with van der Waals surface area (Å²) in [6.07, 6.45) is 5.38. The van der Waals surface area contributed by atoms with Gasteiger partial charge >= 0.3 is 0 Å². The first-order valence-corrected chi connectivity index (χ1v) is 8.50. The Hall–Kier alpha value is -1.19. The van der Waals surface area contributed by atoms with Crippen molar-refractivity contribution in [2.75, 3.05) is 6.54 Å². The summed E-state index contributed by atoms with van der Waals surface area (Å²) in [6.45, 7) is 3.24. The number of pyridine rings is 1. The van der Waals surface area contributed by atoms with Crippen LogP contribution in [0.15, 0.2) is 47.1 Å². The van der Waals surface area contributed by atoms with Crippen molar-refractivity contribution >= 4 is 15.9 Å². The van der Waals surface area contributed by atoms with Crippen molar-refractivity contribution in [3.8, 4) is 0 Å². The van der Waals surface area contributed by atoms with Gasteiger partial charge in [0.2, 0.25) is 0 Å².